The quantitative estimate of drug-likeness (QED) is 0.753. The van der Waals surface area contributed by atoms with Gasteiger partial charge in [0, 0.05) is 48.1 Å². The number of nitrogens with zero attached hydrogens (tertiary/aromatic N) is 5. The SMILES string of the molecule is CCc1noc([C@H]2C[C@H](O)CN2Cc2ccc(-c3cnn(C)c3)s2)n1. The van der Waals surface area contributed by atoms with E-state index in [-0.39, 0.29) is 12.1 Å². The number of hydrogen-bond donors (Lipinski definition) is 1. The second-order valence-corrected chi connectivity index (χ2v) is 7.57. The minimum Gasteiger partial charge on any atom is -0.392 e. The fraction of sp³-hybridized carbons (Fsp3) is 0.471. The van der Waals surface area contributed by atoms with Crippen LogP contribution in [0.2, 0.25) is 0 Å². The Morgan fingerprint density at radius 1 is 1.40 bits per heavy atom. The molecule has 4 rings (SSSR count). The second-order valence-electron chi connectivity index (χ2n) is 6.41. The number of β-amino-alcohol motifs (C(OH)–C–C–N with tert-alkyl or cyclic N) is 1. The highest BCUT2D eigenvalue weighted by molar-refractivity contribution is 7.15. The molecule has 0 aliphatic carbocycles. The number of aromatic nitrogens is 4. The summed E-state index contributed by atoms with van der Waals surface area (Å²) in [6.07, 6.45) is 4.91. The lowest BCUT2D eigenvalue weighted by atomic mass is 10.2. The van der Waals surface area contributed by atoms with Crippen molar-refractivity contribution in [2.75, 3.05) is 6.54 Å². The molecule has 1 saturated heterocycles. The Balaban J connectivity index is 1.51. The predicted molar refractivity (Wildman–Crippen MR) is 94.0 cm³/mol. The molecular weight excluding hydrogens is 338 g/mol. The molecule has 0 aromatic carbocycles. The Hall–Kier alpha value is -2.03. The summed E-state index contributed by atoms with van der Waals surface area (Å²) in [5.41, 5.74) is 1.13. The van der Waals surface area contributed by atoms with Gasteiger partial charge in [0.05, 0.1) is 18.3 Å². The average molecular weight is 359 g/mol. The van der Waals surface area contributed by atoms with E-state index in [1.807, 2.05) is 31.0 Å². The van der Waals surface area contributed by atoms with Crippen molar-refractivity contribution in [3.63, 3.8) is 0 Å². The molecule has 0 saturated carbocycles. The molecule has 7 nitrogen and oxygen atoms in total. The van der Waals surface area contributed by atoms with Crippen LogP contribution < -0.4 is 0 Å². The van der Waals surface area contributed by atoms with Crippen LogP contribution in [-0.4, -0.2) is 42.6 Å². The number of aliphatic hydroxyl groups is 1. The van der Waals surface area contributed by atoms with Crippen molar-refractivity contribution in [1.29, 1.82) is 0 Å². The largest absolute Gasteiger partial charge is 0.392 e. The van der Waals surface area contributed by atoms with Gasteiger partial charge in [0.15, 0.2) is 5.82 Å². The summed E-state index contributed by atoms with van der Waals surface area (Å²) in [4.78, 5) is 9.12. The number of thiophene rings is 1. The normalized spacial score (nSPS) is 21.2. The molecule has 4 heterocycles. The molecule has 0 bridgehead atoms. The highest BCUT2D eigenvalue weighted by atomic mass is 32.1. The molecular formula is C17H21N5O2S. The zero-order chi connectivity index (χ0) is 17.4. The standard InChI is InChI=1S/C17H21N5O2S/c1-3-16-19-17(24-20-16)14-6-12(23)9-22(14)10-13-4-5-15(25-13)11-7-18-21(2)8-11/h4-5,7-8,12,14,23H,3,6,9-10H2,1-2H3/t12-,14+/m0/s1. The monoisotopic (exact) mass is 359 g/mol. The van der Waals surface area contributed by atoms with Crippen LogP contribution in [0.3, 0.4) is 0 Å². The predicted octanol–water partition coefficient (Wildman–Crippen LogP) is 2.40. The minimum atomic E-state index is -0.361. The number of aliphatic hydroxyl groups excluding tert-OH is 1. The summed E-state index contributed by atoms with van der Waals surface area (Å²) in [5, 5.41) is 18.3. The van der Waals surface area contributed by atoms with Gasteiger partial charge >= 0.3 is 0 Å². The van der Waals surface area contributed by atoms with Crippen molar-refractivity contribution in [2.24, 2.45) is 7.05 Å². The van der Waals surface area contributed by atoms with Crippen LogP contribution in [-0.2, 0) is 20.0 Å². The van der Waals surface area contributed by atoms with Gasteiger partial charge in [0.25, 0.3) is 0 Å². The van der Waals surface area contributed by atoms with Gasteiger partial charge in [-0.05, 0) is 18.6 Å². The van der Waals surface area contributed by atoms with Gasteiger partial charge in [-0.2, -0.15) is 10.1 Å². The molecule has 1 fully saturated rings. The summed E-state index contributed by atoms with van der Waals surface area (Å²) < 4.78 is 7.22. The number of likely N-dealkylation sites (tertiary alicyclic amines) is 1. The highest BCUT2D eigenvalue weighted by Crippen LogP contribution is 2.35. The van der Waals surface area contributed by atoms with Gasteiger partial charge in [0.1, 0.15) is 0 Å². The highest BCUT2D eigenvalue weighted by Gasteiger charge is 2.36. The second kappa shape index (κ2) is 6.70. The fourth-order valence-corrected chi connectivity index (χ4v) is 4.23. The van der Waals surface area contributed by atoms with Crippen molar-refractivity contribution in [3.8, 4) is 10.4 Å². The molecule has 3 aromatic heterocycles. The summed E-state index contributed by atoms with van der Waals surface area (Å²) in [6, 6.07) is 4.24. The average Bonchev–Trinajstić information content (AvgIpc) is 3.34. The summed E-state index contributed by atoms with van der Waals surface area (Å²) in [7, 11) is 1.92. The van der Waals surface area contributed by atoms with Gasteiger partial charge in [-0.25, -0.2) is 0 Å². The Kier molecular flexibility index (Phi) is 4.41. The molecule has 0 unspecified atom stereocenters. The smallest absolute Gasteiger partial charge is 0.244 e. The molecule has 3 aromatic rings. The molecule has 25 heavy (non-hydrogen) atoms. The number of rotatable bonds is 5. The van der Waals surface area contributed by atoms with Crippen molar-refractivity contribution in [1.82, 2.24) is 24.8 Å². The van der Waals surface area contributed by atoms with Crippen LogP contribution >= 0.6 is 11.3 Å². The zero-order valence-corrected chi connectivity index (χ0v) is 15.1. The van der Waals surface area contributed by atoms with Crippen LogP contribution in [0.5, 0.6) is 0 Å². The van der Waals surface area contributed by atoms with Gasteiger partial charge in [0.2, 0.25) is 5.89 Å². The lowest BCUT2D eigenvalue weighted by molar-refractivity contribution is 0.170. The Morgan fingerprint density at radius 3 is 3.00 bits per heavy atom. The lowest BCUT2D eigenvalue weighted by Crippen LogP contribution is -2.24. The molecule has 0 spiro atoms. The van der Waals surface area contributed by atoms with Crippen molar-refractivity contribution < 1.29 is 9.63 Å². The number of hydrogen-bond acceptors (Lipinski definition) is 7. The third kappa shape index (κ3) is 3.37. The molecule has 0 amide bonds. The van der Waals surface area contributed by atoms with Gasteiger partial charge in [-0.1, -0.05) is 12.1 Å². The van der Waals surface area contributed by atoms with E-state index in [4.69, 9.17) is 4.52 Å². The molecule has 1 aliphatic heterocycles. The van der Waals surface area contributed by atoms with Crippen molar-refractivity contribution >= 4 is 11.3 Å². The van der Waals surface area contributed by atoms with E-state index in [2.05, 4.69) is 32.3 Å². The maximum Gasteiger partial charge on any atom is 0.244 e. The van der Waals surface area contributed by atoms with Crippen molar-refractivity contribution in [3.05, 3.63) is 41.1 Å². The maximum atomic E-state index is 10.1. The summed E-state index contributed by atoms with van der Waals surface area (Å²) >= 11 is 1.75. The first-order valence-electron chi connectivity index (χ1n) is 8.44. The molecule has 1 N–H and O–H groups in total. The molecule has 8 heteroatoms. The first kappa shape index (κ1) is 16.4. The van der Waals surface area contributed by atoms with E-state index in [0.717, 1.165) is 18.5 Å². The Bertz CT molecular complexity index is 855. The molecule has 132 valence electrons. The topological polar surface area (TPSA) is 80.2 Å². The summed E-state index contributed by atoms with van der Waals surface area (Å²) in [5.74, 6) is 1.32. The van der Waals surface area contributed by atoms with E-state index >= 15 is 0 Å². The molecule has 1 aliphatic rings. The number of aryl methyl sites for hydroxylation is 2. The summed E-state index contributed by atoms with van der Waals surface area (Å²) in [6.45, 7) is 3.38. The van der Waals surface area contributed by atoms with E-state index in [1.54, 1.807) is 11.3 Å². The van der Waals surface area contributed by atoms with Crippen LogP contribution in [0.4, 0.5) is 0 Å². The Morgan fingerprint density at radius 2 is 2.28 bits per heavy atom. The van der Waals surface area contributed by atoms with Crippen molar-refractivity contribution in [2.45, 2.75) is 38.5 Å². The molecule has 2 atom stereocenters. The first-order chi connectivity index (χ1) is 12.1. The first-order valence-corrected chi connectivity index (χ1v) is 9.26. The van der Waals surface area contributed by atoms with E-state index in [0.29, 0.717) is 24.7 Å². The maximum absolute atomic E-state index is 10.1. The third-order valence-corrected chi connectivity index (χ3v) is 5.60. The Labute approximate surface area is 149 Å². The van der Waals surface area contributed by atoms with Gasteiger partial charge in [-0.15, -0.1) is 11.3 Å². The fourth-order valence-electron chi connectivity index (χ4n) is 3.22. The van der Waals surface area contributed by atoms with E-state index in [9.17, 15) is 5.11 Å². The van der Waals surface area contributed by atoms with Crippen LogP contribution in [0.25, 0.3) is 10.4 Å². The van der Waals surface area contributed by atoms with Gasteiger partial charge in [-0.3, -0.25) is 9.58 Å². The van der Waals surface area contributed by atoms with E-state index in [1.165, 1.54) is 9.75 Å². The third-order valence-electron chi connectivity index (χ3n) is 4.48. The van der Waals surface area contributed by atoms with Crippen LogP contribution in [0.15, 0.2) is 29.0 Å². The van der Waals surface area contributed by atoms with E-state index < -0.39 is 0 Å². The molecule has 0 radical (unpaired) electrons. The zero-order valence-electron chi connectivity index (χ0n) is 14.3. The minimum absolute atomic E-state index is 0.0215. The van der Waals surface area contributed by atoms with Crippen LogP contribution in [0.1, 0.15) is 36.0 Å². The van der Waals surface area contributed by atoms with Gasteiger partial charge < -0.3 is 9.63 Å². The van der Waals surface area contributed by atoms with Crippen LogP contribution in [0, 0.1) is 0 Å². The lowest BCUT2D eigenvalue weighted by Gasteiger charge is -2.20.